The molecule has 2 nitrogen and oxygen atoms in total. The summed E-state index contributed by atoms with van der Waals surface area (Å²) in [5.74, 6) is 0. The van der Waals surface area contributed by atoms with Gasteiger partial charge in [0.15, 0.2) is 0 Å². The Labute approximate surface area is 54.4 Å². The number of hydrogen-bond acceptors (Lipinski definition) is 2. The second-order valence-corrected chi connectivity index (χ2v) is 1.34. The van der Waals surface area contributed by atoms with E-state index in [-0.39, 0.29) is 12.4 Å². The first-order valence-corrected chi connectivity index (χ1v) is 2.13. The van der Waals surface area contributed by atoms with Crippen LogP contribution in [0.3, 0.4) is 0 Å². The molecule has 0 aromatic carbocycles. The van der Waals surface area contributed by atoms with Crippen molar-refractivity contribution in [1.29, 1.82) is 0 Å². The largest absolute Gasteiger partial charge is 0.497 e. The van der Waals surface area contributed by atoms with Gasteiger partial charge in [-0.3, -0.25) is 0 Å². The summed E-state index contributed by atoms with van der Waals surface area (Å²) < 4.78 is 4.80. The fourth-order valence-electron chi connectivity index (χ4n) is 0.395. The summed E-state index contributed by atoms with van der Waals surface area (Å²) in [6.07, 6.45) is 5.14. The minimum atomic E-state index is 0. The Kier molecular flexibility index (Phi) is 3.12. The van der Waals surface area contributed by atoms with E-state index in [1.54, 1.807) is 12.3 Å². The van der Waals surface area contributed by atoms with Gasteiger partial charge in [-0.05, 0) is 12.2 Å². The number of nitrogens with two attached hydrogens (primary N) is 1. The van der Waals surface area contributed by atoms with Crippen LogP contribution in [0.2, 0.25) is 0 Å². The fraction of sp³-hybridized carbons (Fsp3) is 0.200. The standard InChI is InChI=1S/C5H7NO.ClH/c6-5-1-3-7-4-2-5;/h1-3H,4,6H2;1H. The molecular formula is C5H8ClNO. The zero-order valence-corrected chi connectivity index (χ0v) is 5.15. The molecule has 1 heterocycles. The third kappa shape index (κ3) is 1.89. The van der Waals surface area contributed by atoms with Crippen LogP contribution >= 0.6 is 12.4 Å². The predicted octanol–water partition coefficient (Wildman–Crippen LogP) is 0.795. The first kappa shape index (κ1) is 7.37. The Morgan fingerprint density at radius 3 is 2.62 bits per heavy atom. The summed E-state index contributed by atoms with van der Waals surface area (Å²) in [4.78, 5) is 0. The van der Waals surface area contributed by atoms with Crippen molar-refractivity contribution in [3.8, 4) is 0 Å². The molecule has 0 bridgehead atoms. The molecule has 1 rings (SSSR count). The first-order chi connectivity index (χ1) is 3.39. The van der Waals surface area contributed by atoms with Crippen molar-refractivity contribution in [2.24, 2.45) is 5.73 Å². The van der Waals surface area contributed by atoms with Crippen LogP contribution in [0.25, 0.3) is 0 Å². The molecule has 46 valence electrons. The second kappa shape index (κ2) is 3.38. The van der Waals surface area contributed by atoms with E-state index in [1.165, 1.54) is 0 Å². The van der Waals surface area contributed by atoms with Gasteiger partial charge in [0.25, 0.3) is 0 Å². The van der Waals surface area contributed by atoms with Crippen molar-refractivity contribution < 1.29 is 4.74 Å². The monoisotopic (exact) mass is 133 g/mol. The Balaban J connectivity index is 0.000000490. The van der Waals surface area contributed by atoms with Crippen LogP contribution in [0.15, 0.2) is 24.1 Å². The normalized spacial score (nSPS) is 15.8. The molecule has 0 radical (unpaired) electrons. The van der Waals surface area contributed by atoms with Gasteiger partial charge in [-0.15, -0.1) is 12.4 Å². The maximum atomic E-state index is 5.33. The number of hydrogen-bond donors (Lipinski definition) is 1. The van der Waals surface area contributed by atoms with E-state index in [2.05, 4.69) is 0 Å². The van der Waals surface area contributed by atoms with Crippen LogP contribution in [0.1, 0.15) is 0 Å². The summed E-state index contributed by atoms with van der Waals surface area (Å²) in [6.45, 7) is 0.613. The summed E-state index contributed by atoms with van der Waals surface area (Å²) in [7, 11) is 0. The average Bonchev–Trinajstić information content (AvgIpc) is 1.69. The lowest BCUT2D eigenvalue weighted by Crippen LogP contribution is -1.99. The van der Waals surface area contributed by atoms with Gasteiger partial charge < -0.3 is 10.5 Å². The SMILES string of the molecule is Cl.NC1=CCOC=C1. The molecule has 0 aliphatic carbocycles. The third-order valence-corrected chi connectivity index (χ3v) is 0.772. The Bertz CT molecular complexity index is 120. The highest BCUT2D eigenvalue weighted by Crippen LogP contribution is 1.94. The number of rotatable bonds is 0. The highest BCUT2D eigenvalue weighted by molar-refractivity contribution is 5.85. The highest BCUT2D eigenvalue weighted by Gasteiger charge is 1.86. The van der Waals surface area contributed by atoms with Crippen molar-refractivity contribution in [2.75, 3.05) is 6.61 Å². The van der Waals surface area contributed by atoms with Gasteiger partial charge in [-0.2, -0.15) is 0 Å². The molecule has 0 spiro atoms. The first-order valence-electron chi connectivity index (χ1n) is 2.13. The zero-order chi connectivity index (χ0) is 5.11. The van der Waals surface area contributed by atoms with Crippen molar-refractivity contribution in [3.05, 3.63) is 24.1 Å². The van der Waals surface area contributed by atoms with E-state index >= 15 is 0 Å². The van der Waals surface area contributed by atoms with E-state index < -0.39 is 0 Å². The number of halogens is 1. The maximum Gasteiger partial charge on any atom is 0.108 e. The molecule has 0 fully saturated rings. The van der Waals surface area contributed by atoms with Crippen LogP contribution in [0, 0.1) is 0 Å². The second-order valence-electron chi connectivity index (χ2n) is 1.34. The third-order valence-electron chi connectivity index (χ3n) is 0.772. The topological polar surface area (TPSA) is 35.2 Å². The summed E-state index contributed by atoms with van der Waals surface area (Å²) in [5, 5.41) is 0. The summed E-state index contributed by atoms with van der Waals surface area (Å²) >= 11 is 0. The molecule has 1 aliphatic heterocycles. The van der Waals surface area contributed by atoms with Crippen LogP contribution < -0.4 is 5.73 Å². The van der Waals surface area contributed by atoms with Gasteiger partial charge in [0.2, 0.25) is 0 Å². The van der Waals surface area contributed by atoms with Crippen molar-refractivity contribution in [3.63, 3.8) is 0 Å². The average molecular weight is 134 g/mol. The molecule has 0 aromatic heterocycles. The van der Waals surface area contributed by atoms with Gasteiger partial charge in [0.1, 0.15) is 6.61 Å². The lowest BCUT2D eigenvalue weighted by atomic mass is 10.4. The van der Waals surface area contributed by atoms with Gasteiger partial charge in [0.05, 0.1) is 6.26 Å². The molecule has 3 heteroatoms. The Morgan fingerprint density at radius 1 is 1.62 bits per heavy atom. The molecule has 0 saturated carbocycles. The van der Waals surface area contributed by atoms with Crippen molar-refractivity contribution in [1.82, 2.24) is 0 Å². The van der Waals surface area contributed by atoms with Crippen LogP contribution in [-0.2, 0) is 4.74 Å². The van der Waals surface area contributed by atoms with Crippen LogP contribution in [-0.4, -0.2) is 6.61 Å². The molecule has 0 aromatic rings. The smallest absolute Gasteiger partial charge is 0.108 e. The van der Waals surface area contributed by atoms with Gasteiger partial charge in [-0.1, -0.05) is 0 Å². The summed E-state index contributed by atoms with van der Waals surface area (Å²) in [5.41, 5.74) is 6.11. The predicted molar refractivity (Wildman–Crippen MR) is 34.6 cm³/mol. The number of allylic oxidation sites excluding steroid dienone is 1. The van der Waals surface area contributed by atoms with Gasteiger partial charge in [-0.25, -0.2) is 0 Å². The molecular weight excluding hydrogens is 126 g/mol. The maximum absolute atomic E-state index is 5.33. The number of ether oxygens (including phenoxy) is 1. The minimum absolute atomic E-state index is 0. The van der Waals surface area contributed by atoms with Gasteiger partial charge >= 0.3 is 0 Å². The molecule has 2 N–H and O–H groups in total. The minimum Gasteiger partial charge on any atom is -0.497 e. The highest BCUT2D eigenvalue weighted by atomic mass is 35.5. The molecule has 1 aliphatic rings. The summed E-state index contributed by atoms with van der Waals surface area (Å²) in [6, 6.07) is 0. The molecule has 0 saturated heterocycles. The van der Waals surface area contributed by atoms with E-state index in [1.807, 2.05) is 6.08 Å². The van der Waals surface area contributed by atoms with E-state index in [0.29, 0.717) is 6.61 Å². The zero-order valence-electron chi connectivity index (χ0n) is 4.33. The molecule has 0 amide bonds. The Hall–Kier alpha value is -0.630. The van der Waals surface area contributed by atoms with Crippen LogP contribution in [0.4, 0.5) is 0 Å². The molecule has 8 heavy (non-hydrogen) atoms. The molecule has 0 atom stereocenters. The fourth-order valence-corrected chi connectivity index (χ4v) is 0.395. The van der Waals surface area contributed by atoms with Gasteiger partial charge in [0, 0.05) is 5.70 Å². The lowest BCUT2D eigenvalue weighted by Gasteiger charge is -2.00. The quantitative estimate of drug-likeness (QED) is 0.531. The van der Waals surface area contributed by atoms with Crippen molar-refractivity contribution in [2.45, 2.75) is 0 Å². The lowest BCUT2D eigenvalue weighted by molar-refractivity contribution is 0.284. The molecule has 0 unspecified atom stereocenters. The van der Waals surface area contributed by atoms with E-state index in [4.69, 9.17) is 10.5 Å². The van der Waals surface area contributed by atoms with E-state index in [0.717, 1.165) is 5.70 Å². The van der Waals surface area contributed by atoms with Crippen LogP contribution in [0.5, 0.6) is 0 Å². The Morgan fingerprint density at radius 2 is 2.38 bits per heavy atom. The van der Waals surface area contributed by atoms with Crippen molar-refractivity contribution >= 4 is 12.4 Å². The van der Waals surface area contributed by atoms with E-state index in [9.17, 15) is 0 Å².